The van der Waals surface area contributed by atoms with Gasteiger partial charge in [-0.15, -0.1) is 0 Å². The minimum atomic E-state index is -0.571. The molecule has 7 nitrogen and oxygen atoms in total. The van der Waals surface area contributed by atoms with Gasteiger partial charge in [-0.05, 0) is 39.1 Å². The SMILES string of the molecule is Cc1ncc(Cl)c([C@@H](C)Oc2cc(C(=N)c3cnc(N4CC5(CN(C)C5)C4)c(F)c3)c(N)cc2Cl)c1Cl. The normalized spacial score (nSPS) is 17.3. The summed E-state index contributed by atoms with van der Waals surface area (Å²) in [6, 6.07) is 4.38. The van der Waals surface area contributed by atoms with Crippen molar-refractivity contribution >= 4 is 52.0 Å². The summed E-state index contributed by atoms with van der Waals surface area (Å²) in [6.07, 6.45) is 2.44. The van der Waals surface area contributed by atoms with E-state index in [9.17, 15) is 0 Å². The number of halogens is 4. The maximum Gasteiger partial charge on any atom is 0.166 e. The number of nitrogens with two attached hydrogens (primary N) is 1. The third kappa shape index (κ3) is 4.72. The lowest BCUT2D eigenvalue weighted by molar-refractivity contribution is -0.00314. The molecular weight excluding hydrogens is 538 g/mol. The third-order valence-electron chi connectivity index (χ3n) is 6.94. The van der Waals surface area contributed by atoms with E-state index in [4.69, 9.17) is 50.7 Å². The summed E-state index contributed by atoms with van der Waals surface area (Å²) in [6.45, 7) is 7.16. The molecule has 2 saturated heterocycles. The van der Waals surface area contributed by atoms with Gasteiger partial charge in [0.2, 0.25) is 0 Å². The number of pyridine rings is 2. The number of aromatic nitrogens is 2. The number of nitrogens with zero attached hydrogens (tertiary/aromatic N) is 4. The molecule has 0 bridgehead atoms. The molecule has 37 heavy (non-hydrogen) atoms. The van der Waals surface area contributed by atoms with Gasteiger partial charge < -0.3 is 20.3 Å². The lowest BCUT2D eigenvalue weighted by Gasteiger charge is -2.59. The summed E-state index contributed by atoms with van der Waals surface area (Å²) in [5, 5.41) is 9.74. The van der Waals surface area contributed by atoms with Crippen molar-refractivity contribution in [2.45, 2.75) is 20.0 Å². The van der Waals surface area contributed by atoms with E-state index in [2.05, 4.69) is 21.9 Å². The summed E-state index contributed by atoms with van der Waals surface area (Å²) >= 11 is 19.2. The van der Waals surface area contributed by atoms with Crippen molar-refractivity contribution in [1.82, 2.24) is 14.9 Å². The maximum atomic E-state index is 15.0. The van der Waals surface area contributed by atoms with Crippen LogP contribution in [0.1, 0.15) is 35.4 Å². The Kier molecular flexibility index (Phi) is 6.73. The van der Waals surface area contributed by atoms with E-state index in [0.29, 0.717) is 38.2 Å². The first-order valence-corrected chi connectivity index (χ1v) is 12.9. The molecule has 0 radical (unpaired) electrons. The lowest BCUT2D eigenvalue weighted by Crippen LogP contribution is -2.71. The number of benzene rings is 1. The molecule has 1 atom stereocenters. The summed E-state index contributed by atoms with van der Waals surface area (Å²) in [5.74, 6) is 0.117. The van der Waals surface area contributed by atoms with Crippen LogP contribution < -0.4 is 15.4 Å². The standard InChI is InChI=1S/C26H26Cl3FN6O/c1-13-23(29)22(18(28)8-33-13)14(2)37-21-5-16(20(31)6-17(21)27)24(32)15-4-19(30)25(34-7-15)36-11-26(12-36)9-35(3)10-26/h4-8,14,32H,9-12,31H2,1-3H3/t14-/m1/s1. The maximum absolute atomic E-state index is 15.0. The second-order valence-electron chi connectivity index (χ2n) is 9.98. The van der Waals surface area contributed by atoms with Gasteiger partial charge in [-0.2, -0.15) is 0 Å². The van der Waals surface area contributed by atoms with Crippen LogP contribution in [0, 0.1) is 23.6 Å². The van der Waals surface area contributed by atoms with Crippen molar-refractivity contribution in [3.05, 3.63) is 73.9 Å². The molecule has 0 unspecified atom stereocenters. The Hall–Kier alpha value is -2.65. The van der Waals surface area contributed by atoms with Crippen LogP contribution in [0.3, 0.4) is 0 Å². The molecule has 0 amide bonds. The molecule has 4 heterocycles. The van der Waals surface area contributed by atoms with E-state index in [0.717, 1.165) is 26.2 Å². The Morgan fingerprint density at radius 1 is 1.11 bits per heavy atom. The van der Waals surface area contributed by atoms with Gasteiger partial charge in [-0.3, -0.25) is 10.4 Å². The van der Waals surface area contributed by atoms with Gasteiger partial charge in [0.15, 0.2) is 11.6 Å². The fraction of sp³-hybridized carbons (Fsp3) is 0.346. The molecule has 3 N–H and O–H groups in total. The average Bonchev–Trinajstić information content (AvgIpc) is 2.79. The molecule has 11 heteroatoms. The predicted molar refractivity (Wildman–Crippen MR) is 146 cm³/mol. The number of nitrogens with one attached hydrogen (secondary N) is 1. The Morgan fingerprint density at radius 3 is 2.46 bits per heavy atom. The van der Waals surface area contributed by atoms with Crippen molar-refractivity contribution in [3.8, 4) is 5.75 Å². The lowest BCUT2D eigenvalue weighted by atomic mass is 9.73. The number of anilines is 2. The fourth-order valence-electron chi connectivity index (χ4n) is 5.24. The van der Waals surface area contributed by atoms with Gasteiger partial charge >= 0.3 is 0 Å². The Labute approximate surface area is 229 Å². The van der Waals surface area contributed by atoms with Crippen LogP contribution in [0.2, 0.25) is 15.1 Å². The van der Waals surface area contributed by atoms with E-state index in [1.54, 1.807) is 19.9 Å². The van der Waals surface area contributed by atoms with E-state index in [-0.39, 0.29) is 27.6 Å². The van der Waals surface area contributed by atoms with E-state index < -0.39 is 11.9 Å². The van der Waals surface area contributed by atoms with Crippen molar-refractivity contribution in [1.29, 1.82) is 5.41 Å². The number of ether oxygens (including phenoxy) is 1. The molecule has 2 aliphatic rings. The van der Waals surface area contributed by atoms with Gasteiger partial charge in [0, 0.05) is 66.4 Å². The van der Waals surface area contributed by atoms with Gasteiger partial charge in [0.05, 0.1) is 26.5 Å². The van der Waals surface area contributed by atoms with Crippen LogP contribution in [0.4, 0.5) is 15.9 Å². The number of rotatable bonds is 6. The zero-order valence-corrected chi connectivity index (χ0v) is 22.8. The molecule has 0 saturated carbocycles. The average molecular weight is 564 g/mol. The first kappa shape index (κ1) is 26.0. The van der Waals surface area contributed by atoms with E-state index in [1.807, 2.05) is 4.90 Å². The molecule has 3 aromatic rings. The highest BCUT2D eigenvalue weighted by Gasteiger charge is 2.51. The van der Waals surface area contributed by atoms with Crippen LogP contribution >= 0.6 is 34.8 Å². The van der Waals surface area contributed by atoms with Crippen LogP contribution in [0.5, 0.6) is 5.75 Å². The van der Waals surface area contributed by atoms with Gasteiger partial charge in [0.1, 0.15) is 11.9 Å². The number of nitrogen functional groups attached to an aromatic ring is 1. The fourth-order valence-corrected chi connectivity index (χ4v) is 6.11. The van der Waals surface area contributed by atoms with Gasteiger partial charge in [-0.1, -0.05) is 34.8 Å². The Morgan fingerprint density at radius 2 is 1.81 bits per heavy atom. The highest BCUT2D eigenvalue weighted by molar-refractivity contribution is 6.36. The highest BCUT2D eigenvalue weighted by atomic mass is 35.5. The van der Waals surface area contributed by atoms with Crippen molar-refractivity contribution in [2.75, 3.05) is 43.9 Å². The molecular formula is C26H26Cl3FN6O. The number of hydrogen-bond acceptors (Lipinski definition) is 7. The van der Waals surface area contributed by atoms with Crippen molar-refractivity contribution in [3.63, 3.8) is 0 Å². The summed E-state index contributed by atoms with van der Waals surface area (Å²) in [5.41, 5.74) is 8.53. The molecule has 5 rings (SSSR count). The van der Waals surface area contributed by atoms with E-state index in [1.165, 1.54) is 24.5 Å². The van der Waals surface area contributed by atoms with Crippen LogP contribution in [-0.2, 0) is 0 Å². The largest absolute Gasteiger partial charge is 0.484 e. The summed E-state index contributed by atoms with van der Waals surface area (Å²) in [4.78, 5) is 12.7. The second-order valence-corrected chi connectivity index (χ2v) is 11.2. The molecule has 1 aromatic carbocycles. The van der Waals surface area contributed by atoms with E-state index >= 15 is 4.39 Å². The van der Waals surface area contributed by atoms with Crippen molar-refractivity contribution < 1.29 is 9.13 Å². The molecule has 2 aromatic heterocycles. The Bertz CT molecular complexity index is 1400. The van der Waals surface area contributed by atoms with Crippen molar-refractivity contribution in [2.24, 2.45) is 5.41 Å². The van der Waals surface area contributed by atoms with Gasteiger partial charge in [0.25, 0.3) is 0 Å². The number of likely N-dealkylation sites (tertiary alicyclic amines) is 1. The number of hydrogen-bond donors (Lipinski definition) is 2. The summed E-state index contributed by atoms with van der Waals surface area (Å²) < 4.78 is 21.1. The number of aryl methyl sites for hydroxylation is 1. The molecule has 2 aliphatic heterocycles. The highest BCUT2D eigenvalue weighted by Crippen LogP contribution is 2.42. The second kappa shape index (κ2) is 9.58. The predicted octanol–water partition coefficient (Wildman–Crippen LogP) is 5.77. The van der Waals surface area contributed by atoms with Gasteiger partial charge in [-0.25, -0.2) is 9.37 Å². The van der Waals surface area contributed by atoms with Crippen LogP contribution in [0.15, 0.2) is 30.6 Å². The monoisotopic (exact) mass is 562 g/mol. The smallest absolute Gasteiger partial charge is 0.166 e. The van der Waals surface area contributed by atoms with Crippen LogP contribution in [-0.4, -0.2) is 53.8 Å². The zero-order chi connectivity index (χ0) is 26.6. The zero-order valence-electron chi connectivity index (χ0n) is 20.6. The first-order valence-electron chi connectivity index (χ1n) is 11.7. The third-order valence-corrected chi connectivity index (χ3v) is 8.01. The topological polar surface area (TPSA) is 91.4 Å². The molecule has 2 fully saturated rings. The van der Waals surface area contributed by atoms with Crippen LogP contribution in [0.25, 0.3) is 0 Å². The molecule has 1 spiro atoms. The molecule has 0 aliphatic carbocycles. The minimum Gasteiger partial charge on any atom is -0.484 e. The Balaban J connectivity index is 1.37. The molecule has 194 valence electrons. The first-order chi connectivity index (χ1) is 17.5. The quantitative estimate of drug-likeness (QED) is 0.292. The summed E-state index contributed by atoms with van der Waals surface area (Å²) in [7, 11) is 2.08. The minimum absolute atomic E-state index is 0.00105.